The molecule has 8 heteroatoms. The van der Waals surface area contributed by atoms with Crippen LogP contribution in [0.2, 0.25) is 0 Å². The van der Waals surface area contributed by atoms with Gasteiger partial charge < -0.3 is 9.47 Å². The minimum atomic E-state index is -4.70. The van der Waals surface area contributed by atoms with E-state index >= 15 is 0 Å². The lowest BCUT2D eigenvalue weighted by Crippen LogP contribution is -2.15. The molecule has 0 radical (unpaired) electrons. The van der Waals surface area contributed by atoms with E-state index in [1.54, 1.807) is 6.92 Å². The number of hydrogen-bond acceptors (Lipinski definition) is 5. The Hall–Kier alpha value is -2.64. The third-order valence-corrected chi connectivity index (χ3v) is 2.87. The van der Waals surface area contributed by atoms with Crippen molar-refractivity contribution in [3.63, 3.8) is 0 Å². The molecule has 0 saturated carbocycles. The summed E-state index contributed by atoms with van der Waals surface area (Å²) in [6.45, 7) is 2.23. The SMILES string of the molecule is CCOc1ccc(-c2nc(C(=O)OC)cnc2C(F)(F)F)cc1. The molecule has 1 aromatic carbocycles. The van der Waals surface area contributed by atoms with E-state index in [2.05, 4.69) is 14.7 Å². The number of methoxy groups -OCH3 is 1. The summed E-state index contributed by atoms with van der Waals surface area (Å²) in [7, 11) is 1.11. The molecular weight excluding hydrogens is 313 g/mol. The van der Waals surface area contributed by atoms with Gasteiger partial charge >= 0.3 is 12.1 Å². The van der Waals surface area contributed by atoms with Crippen molar-refractivity contribution >= 4 is 5.97 Å². The third kappa shape index (κ3) is 3.77. The predicted octanol–water partition coefficient (Wildman–Crippen LogP) is 3.35. The average molecular weight is 326 g/mol. The summed E-state index contributed by atoms with van der Waals surface area (Å²) in [5, 5.41) is 0. The number of benzene rings is 1. The molecule has 23 heavy (non-hydrogen) atoms. The number of halogens is 3. The van der Waals surface area contributed by atoms with Gasteiger partial charge in [-0.05, 0) is 31.2 Å². The van der Waals surface area contributed by atoms with E-state index in [1.807, 2.05) is 0 Å². The number of carbonyl (C=O) groups is 1. The molecule has 0 unspecified atom stereocenters. The van der Waals surface area contributed by atoms with E-state index in [4.69, 9.17) is 4.74 Å². The number of ether oxygens (including phenoxy) is 2. The molecule has 1 heterocycles. The Balaban J connectivity index is 2.54. The van der Waals surface area contributed by atoms with Gasteiger partial charge in [0.2, 0.25) is 0 Å². The van der Waals surface area contributed by atoms with E-state index in [1.165, 1.54) is 24.3 Å². The number of hydrogen-bond donors (Lipinski definition) is 0. The number of nitrogens with zero attached hydrogens (tertiary/aromatic N) is 2. The number of rotatable bonds is 4. The van der Waals surface area contributed by atoms with Crippen LogP contribution in [0, 0.1) is 0 Å². The maximum Gasteiger partial charge on any atom is 0.435 e. The molecule has 0 aliphatic carbocycles. The third-order valence-electron chi connectivity index (χ3n) is 2.87. The molecule has 5 nitrogen and oxygen atoms in total. The van der Waals surface area contributed by atoms with Crippen molar-refractivity contribution in [2.75, 3.05) is 13.7 Å². The number of alkyl halides is 3. The fraction of sp³-hybridized carbons (Fsp3) is 0.267. The largest absolute Gasteiger partial charge is 0.494 e. The first-order chi connectivity index (χ1) is 10.9. The zero-order valence-electron chi connectivity index (χ0n) is 12.3. The first kappa shape index (κ1) is 16.7. The molecule has 0 aliphatic rings. The second-order valence-corrected chi connectivity index (χ2v) is 4.40. The van der Waals surface area contributed by atoms with E-state index in [9.17, 15) is 18.0 Å². The highest BCUT2D eigenvalue weighted by Crippen LogP contribution is 2.35. The summed E-state index contributed by atoms with van der Waals surface area (Å²) in [5.74, 6) is -0.347. The first-order valence-corrected chi connectivity index (χ1v) is 6.62. The molecule has 0 bridgehead atoms. The quantitative estimate of drug-likeness (QED) is 0.806. The molecule has 0 spiro atoms. The van der Waals surface area contributed by atoms with Crippen molar-refractivity contribution < 1.29 is 27.4 Å². The first-order valence-electron chi connectivity index (χ1n) is 6.62. The zero-order valence-corrected chi connectivity index (χ0v) is 12.3. The van der Waals surface area contributed by atoms with Gasteiger partial charge in [-0.25, -0.2) is 14.8 Å². The molecule has 2 aromatic rings. The Labute approximate surface area is 130 Å². The number of aromatic nitrogens is 2. The summed E-state index contributed by atoms with van der Waals surface area (Å²) < 4.78 is 49.0. The van der Waals surface area contributed by atoms with Crippen molar-refractivity contribution in [1.29, 1.82) is 0 Å². The molecule has 0 saturated heterocycles. The van der Waals surface area contributed by atoms with E-state index in [0.29, 0.717) is 12.4 Å². The second kappa shape index (κ2) is 6.64. The van der Waals surface area contributed by atoms with Gasteiger partial charge in [0.05, 0.1) is 19.9 Å². The van der Waals surface area contributed by atoms with Crippen LogP contribution in [0.5, 0.6) is 5.75 Å². The predicted molar refractivity (Wildman–Crippen MR) is 75.0 cm³/mol. The van der Waals surface area contributed by atoms with Crippen LogP contribution in [0.15, 0.2) is 30.5 Å². The van der Waals surface area contributed by atoms with Crippen LogP contribution in [0.3, 0.4) is 0 Å². The molecule has 0 N–H and O–H groups in total. The van der Waals surface area contributed by atoms with Crippen LogP contribution >= 0.6 is 0 Å². The van der Waals surface area contributed by atoms with Crippen molar-refractivity contribution in [3.8, 4) is 17.0 Å². The summed E-state index contributed by atoms with van der Waals surface area (Å²) >= 11 is 0. The van der Waals surface area contributed by atoms with Gasteiger partial charge in [-0.3, -0.25) is 0 Å². The standard InChI is InChI=1S/C15H13F3N2O3/c1-3-23-10-6-4-9(5-7-10)12-13(15(16,17)18)19-8-11(20-12)14(21)22-2/h4-8H,3H2,1-2H3. The Kier molecular flexibility index (Phi) is 4.83. The highest BCUT2D eigenvalue weighted by Gasteiger charge is 2.37. The highest BCUT2D eigenvalue weighted by molar-refractivity contribution is 5.87. The molecule has 2 rings (SSSR count). The van der Waals surface area contributed by atoms with Crippen molar-refractivity contribution in [2.24, 2.45) is 0 Å². The van der Waals surface area contributed by atoms with Gasteiger partial charge in [-0.15, -0.1) is 0 Å². The lowest BCUT2D eigenvalue weighted by Gasteiger charge is -2.12. The lowest BCUT2D eigenvalue weighted by molar-refractivity contribution is -0.140. The number of carbonyl (C=O) groups excluding carboxylic acids is 1. The Morgan fingerprint density at radius 1 is 1.22 bits per heavy atom. The Bertz CT molecular complexity index is 700. The van der Waals surface area contributed by atoms with Gasteiger partial charge in [-0.1, -0.05) is 0 Å². The van der Waals surface area contributed by atoms with Crippen LogP contribution in [0.1, 0.15) is 23.1 Å². The fourth-order valence-electron chi connectivity index (χ4n) is 1.88. The Morgan fingerprint density at radius 2 is 1.87 bits per heavy atom. The van der Waals surface area contributed by atoms with Crippen LogP contribution in [0.4, 0.5) is 13.2 Å². The van der Waals surface area contributed by atoms with Gasteiger partial charge in [0, 0.05) is 5.56 Å². The summed E-state index contributed by atoms with van der Waals surface area (Å²) in [6, 6.07) is 5.88. The van der Waals surface area contributed by atoms with Crippen LogP contribution in [0.25, 0.3) is 11.3 Å². The van der Waals surface area contributed by atoms with E-state index in [0.717, 1.165) is 13.3 Å². The van der Waals surface area contributed by atoms with Crippen molar-refractivity contribution in [1.82, 2.24) is 9.97 Å². The molecule has 0 aliphatic heterocycles. The van der Waals surface area contributed by atoms with Crippen LogP contribution < -0.4 is 4.74 Å². The summed E-state index contributed by atoms with van der Waals surface area (Å²) in [4.78, 5) is 18.6. The average Bonchev–Trinajstić information content (AvgIpc) is 2.53. The van der Waals surface area contributed by atoms with E-state index in [-0.39, 0.29) is 11.3 Å². The van der Waals surface area contributed by atoms with Gasteiger partial charge in [0.1, 0.15) is 11.4 Å². The van der Waals surface area contributed by atoms with Crippen molar-refractivity contribution in [2.45, 2.75) is 13.1 Å². The van der Waals surface area contributed by atoms with Crippen LogP contribution in [-0.4, -0.2) is 29.7 Å². The second-order valence-electron chi connectivity index (χ2n) is 4.40. The molecular formula is C15H13F3N2O3. The summed E-state index contributed by atoms with van der Waals surface area (Å²) in [5.41, 5.74) is -1.75. The molecule has 0 fully saturated rings. The fourth-order valence-corrected chi connectivity index (χ4v) is 1.88. The monoisotopic (exact) mass is 326 g/mol. The minimum absolute atomic E-state index is 0.166. The number of esters is 1. The van der Waals surface area contributed by atoms with E-state index < -0.39 is 23.5 Å². The highest BCUT2D eigenvalue weighted by atomic mass is 19.4. The maximum atomic E-state index is 13.1. The molecule has 0 amide bonds. The van der Waals surface area contributed by atoms with Gasteiger partial charge in [0.15, 0.2) is 11.4 Å². The van der Waals surface area contributed by atoms with Gasteiger partial charge in [0.25, 0.3) is 0 Å². The Morgan fingerprint density at radius 3 is 2.39 bits per heavy atom. The van der Waals surface area contributed by atoms with Gasteiger partial charge in [-0.2, -0.15) is 13.2 Å². The maximum absolute atomic E-state index is 13.1. The normalized spacial score (nSPS) is 11.2. The summed E-state index contributed by atoms with van der Waals surface area (Å²) in [6.07, 6.45) is -3.96. The lowest BCUT2D eigenvalue weighted by atomic mass is 10.1. The minimum Gasteiger partial charge on any atom is -0.494 e. The topological polar surface area (TPSA) is 61.3 Å². The van der Waals surface area contributed by atoms with Crippen molar-refractivity contribution in [3.05, 3.63) is 41.9 Å². The molecule has 0 atom stereocenters. The zero-order chi connectivity index (χ0) is 17.0. The molecule has 1 aromatic heterocycles. The van der Waals surface area contributed by atoms with Crippen LogP contribution in [-0.2, 0) is 10.9 Å². The molecule has 122 valence electrons. The smallest absolute Gasteiger partial charge is 0.435 e.